The third kappa shape index (κ3) is 4.23. The van der Waals surface area contributed by atoms with E-state index < -0.39 is 0 Å². The van der Waals surface area contributed by atoms with Crippen LogP contribution in [0.25, 0.3) is 10.2 Å². The molecule has 1 amide bonds. The molecule has 1 aromatic carbocycles. The fraction of sp³-hybridized carbons (Fsp3) is 0.350. The molecule has 0 aliphatic carbocycles. The standard InChI is InChI=1S/C20H23N5O2S/c1-27-16-4-2-15(3-5-16)12-21-18(26)13-24-7-9-25(10-8-24)19-17-6-11-28-20(17)23-14-22-19/h2-6,11,14H,7-10,12-13H2,1H3,(H,21,26). The van der Waals surface area contributed by atoms with E-state index in [4.69, 9.17) is 4.74 Å². The predicted octanol–water partition coefficient (Wildman–Crippen LogP) is 2.14. The van der Waals surface area contributed by atoms with Gasteiger partial charge in [-0.3, -0.25) is 9.69 Å². The Bertz CT molecular complexity index is 935. The first-order valence-electron chi connectivity index (χ1n) is 9.28. The first-order chi connectivity index (χ1) is 13.7. The molecule has 146 valence electrons. The molecule has 2 aromatic heterocycles. The number of benzene rings is 1. The van der Waals surface area contributed by atoms with Crippen LogP contribution in [-0.2, 0) is 11.3 Å². The fourth-order valence-electron chi connectivity index (χ4n) is 3.35. The minimum atomic E-state index is 0.0477. The van der Waals surface area contributed by atoms with Crippen molar-refractivity contribution in [3.05, 3.63) is 47.6 Å². The number of methoxy groups -OCH3 is 1. The Morgan fingerprint density at radius 2 is 1.93 bits per heavy atom. The Labute approximate surface area is 168 Å². The first kappa shape index (κ1) is 18.6. The van der Waals surface area contributed by atoms with Gasteiger partial charge in [-0.05, 0) is 29.1 Å². The van der Waals surface area contributed by atoms with Crippen molar-refractivity contribution in [1.82, 2.24) is 20.2 Å². The summed E-state index contributed by atoms with van der Waals surface area (Å²) >= 11 is 1.63. The molecule has 1 fully saturated rings. The second-order valence-electron chi connectivity index (χ2n) is 6.72. The van der Waals surface area contributed by atoms with Crippen LogP contribution in [0, 0.1) is 0 Å². The molecule has 0 saturated carbocycles. The van der Waals surface area contributed by atoms with E-state index in [2.05, 4.69) is 31.2 Å². The molecule has 0 spiro atoms. The van der Waals surface area contributed by atoms with Gasteiger partial charge in [0, 0.05) is 32.7 Å². The van der Waals surface area contributed by atoms with Gasteiger partial charge in [0.05, 0.1) is 19.0 Å². The lowest BCUT2D eigenvalue weighted by atomic mass is 10.2. The van der Waals surface area contributed by atoms with Crippen LogP contribution >= 0.6 is 11.3 Å². The molecular weight excluding hydrogens is 374 g/mol. The predicted molar refractivity (Wildman–Crippen MR) is 111 cm³/mol. The average Bonchev–Trinajstić information content (AvgIpc) is 3.22. The molecule has 4 rings (SSSR count). The van der Waals surface area contributed by atoms with Crippen LogP contribution in [-0.4, -0.2) is 60.6 Å². The third-order valence-electron chi connectivity index (χ3n) is 4.93. The number of hydrogen-bond acceptors (Lipinski definition) is 7. The van der Waals surface area contributed by atoms with Gasteiger partial charge in [-0.1, -0.05) is 12.1 Å². The van der Waals surface area contributed by atoms with Crippen LogP contribution in [0.5, 0.6) is 5.75 Å². The zero-order valence-electron chi connectivity index (χ0n) is 15.8. The number of nitrogens with zero attached hydrogens (tertiary/aromatic N) is 4. The zero-order valence-corrected chi connectivity index (χ0v) is 16.6. The van der Waals surface area contributed by atoms with Crippen LogP contribution in [0.1, 0.15) is 5.56 Å². The molecule has 0 radical (unpaired) electrons. The molecule has 0 unspecified atom stereocenters. The average molecular weight is 398 g/mol. The highest BCUT2D eigenvalue weighted by Crippen LogP contribution is 2.27. The summed E-state index contributed by atoms with van der Waals surface area (Å²) in [6.45, 7) is 4.33. The first-order valence-corrected chi connectivity index (χ1v) is 10.2. The number of thiophene rings is 1. The van der Waals surface area contributed by atoms with Gasteiger partial charge < -0.3 is 15.0 Å². The highest BCUT2D eigenvalue weighted by molar-refractivity contribution is 7.16. The Balaban J connectivity index is 1.26. The molecule has 7 nitrogen and oxygen atoms in total. The van der Waals surface area contributed by atoms with Gasteiger partial charge in [0.2, 0.25) is 5.91 Å². The molecule has 1 saturated heterocycles. The van der Waals surface area contributed by atoms with Crippen LogP contribution in [0.3, 0.4) is 0 Å². The highest BCUT2D eigenvalue weighted by Gasteiger charge is 2.21. The van der Waals surface area contributed by atoms with Crippen molar-refractivity contribution in [2.45, 2.75) is 6.54 Å². The SMILES string of the molecule is COc1ccc(CNC(=O)CN2CCN(c3ncnc4sccc34)CC2)cc1. The van der Waals surface area contributed by atoms with E-state index in [1.807, 2.05) is 29.6 Å². The number of piperazine rings is 1. The Kier molecular flexibility index (Phi) is 5.68. The van der Waals surface area contributed by atoms with E-state index in [0.29, 0.717) is 13.1 Å². The molecule has 3 aromatic rings. The molecule has 1 aliphatic rings. The lowest BCUT2D eigenvalue weighted by molar-refractivity contribution is -0.122. The van der Waals surface area contributed by atoms with E-state index in [9.17, 15) is 4.79 Å². The molecule has 28 heavy (non-hydrogen) atoms. The van der Waals surface area contributed by atoms with Crippen LogP contribution in [0.15, 0.2) is 42.0 Å². The lowest BCUT2D eigenvalue weighted by Gasteiger charge is -2.35. The number of hydrogen-bond donors (Lipinski definition) is 1. The van der Waals surface area contributed by atoms with Gasteiger partial charge in [0.1, 0.15) is 22.7 Å². The van der Waals surface area contributed by atoms with E-state index in [1.165, 1.54) is 0 Å². The van der Waals surface area contributed by atoms with Gasteiger partial charge in [-0.2, -0.15) is 0 Å². The lowest BCUT2D eigenvalue weighted by Crippen LogP contribution is -2.49. The second-order valence-corrected chi connectivity index (χ2v) is 7.62. The number of ether oxygens (including phenoxy) is 1. The van der Waals surface area contributed by atoms with Gasteiger partial charge in [0.25, 0.3) is 0 Å². The van der Waals surface area contributed by atoms with Crippen LogP contribution < -0.4 is 15.0 Å². The Hall–Kier alpha value is -2.71. The van der Waals surface area contributed by atoms with E-state index in [-0.39, 0.29) is 5.91 Å². The van der Waals surface area contributed by atoms with Crippen molar-refractivity contribution in [3.8, 4) is 5.75 Å². The van der Waals surface area contributed by atoms with Crippen molar-refractivity contribution in [2.24, 2.45) is 0 Å². The number of anilines is 1. The quantitative estimate of drug-likeness (QED) is 0.687. The van der Waals surface area contributed by atoms with E-state index in [0.717, 1.165) is 53.5 Å². The molecule has 0 atom stereocenters. The van der Waals surface area contributed by atoms with Crippen molar-refractivity contribution in [3.63, 3.8) is 0 Å². The summed E-state index contributed by atoms with van der Waals surface area (Å²) in [6, 6.07) is 9.81. The van der Waals surface area contributed by atoms with E-state index in [1.54, 1.807) is 24.8 Å². The summed E-state index contributed by atoms with van der Waals surface area (Å²) < 4.78 is 5.15. The topological polar surface area (TPSA) is 70.6 Å². The van der Waals surface area contributed by atoms with Crippen molar-refractivity contribution < 1.29 is 9.53 Å². The highest BCUT2D eigenvalue weighted by atomic mass is 32.1. The van der Waals surface area contributed by atoms with Gasteiger partial charge >= 0.3 is 0 Å². The summed E-state index contributed by atoms with van der Waals surface area (Å²) in [4.78, 5) is 26.6. The summed E-state index contributed by atoms with van der Waals surface area (Å²) in [5.74, 6) is 1.86. The number of carbonyl (C=O) groups is 1. The van der Waals surface area contributed by atoms with Crippen molar-refractivity contribution >= 4 is 33.3 Å². The number of nitrogens with one attached hydrogen (secondary N) is 1. The number of aromatic nitrogens is 2. The number of fused-ring (bicyclic) bond motifs is 1. The summed E-state index contributed by atoms with van der Waals surface area (Å²) in [6.07, 6.45) is 1.63. The summed E-state index contributed by atoms with van der Waals surface area (Å²) in [7, 11) is 1.64. The number of rotatable bonds is 6. The molecular formula is C20H23N5O2S. The summed E-state index contributed by atoms with van der Waals surface area (Å²) in [5.41, 5.74) is 1.06. The Morgan fingerprint density at radius 3 is 2.68 bits per heavy atom. The molecule has 1 N–H and O–H groups in total. The third-order valence-corrected chi connectivity index (χ3v) is 5.75. The fourth-order valence-corrected chi connectivity index (χ4v) is 4.08. The second kappa shape index (κ2) is 8.53. The maximum absolute atomic E-state index is 12.3. The van der Waals surface area contributed by atoms with E-state index >= 15 is 0 Å². The largest absolute Gasteiger partial charge is 0.497 e. The maximum atomic E-state index is 12.3. The van der Waals surface area contributed by atoms with Crippen molar-refractivity contribution in [1.29, 1.82) is 0 Å². The normalized spacial score (nSPS) is 15.0. The number of amides is 1. The monoisotopic (exact) mass is 397 g/mol. The molecule has 3 heterocycles. The van der Waals surface area contributed by atoms with Crippen molar-refractivity contribution in [2.75, 3.05) is 44.7 Å². The molecule has 0 bridgehead atoms. The van der Waals surface area contributed by atoms with Gasteiger partial charge in [-0.25, -0.2) is 9.97 Å². The smallest absolute Gasteiger partial charge is 0.234 e. The molecule has 1 aliphatic heterocycles. The zero-order chi connectivity index (χ0) is 19.3. The number of carbonyl (C=O) groups excluding carboxylic acids is 1. The van der Waals surface area contributed by atoms with Crippen LogP contribution in [0.2, 0.25) is 0 Å². The van der Waals surface area contributed by atoms with Gasteiger partial charge in [-0.15, -0.1) is 11.3 Å². The minimum Gasteiger partial charge on any atom is -0.497 e. The Morgan fingerprint density at radius 1 is 1.14 bits per heavy atom. The molecule has 8 heteroatoms. The minimum absolute atomic E-state index is 0.0477. The maximum Gasteiger partial charge on any atom is 0.234 e. The van der Waals surface area contributed by atoms with Gasteiger partial charge in [0.15, 0.2) is 0 Å². The summed E-state index contributed by atoms with van der Waals surface area (Å²) in [5, 5.41) is 6.15. The van der Waals surface area contributed by atoms with Crippen LogP contribution in [0.4, 0.5) is 5.82 Å².